The normalized spacial score (nSPS) is 13.3. The maximum Gasteiger partial charge on any atom is 0.251 e. The van der Waals surface area contributed by atoms with Gasteiger partial charge in [0.15, 0.2) is 0 Å². The molecule has 0 radical (unpaired) electrons. The van der Waals surface area contributed by atoms with Gasteiger partial charge >= 0.3 is 0 Å². The molecule has 2 N–H and O–H groups in total. The molecule has 3 aromatic rings. The Bertz CT molecular complexity index is 946. The SMILES string of the molecule is CC(C)[C@@H](NC(=O)c1ccc(Cl)cc1)C(=O)N[C@@H](C)c1cc2ccccc2o1. The summed E-state index contributed by atoms with van der Waals surface area (Å²) in [6.45, 7) is 5.63. The fraction of sp³-hybridized carbons (Fsp3) is 0.273. The van der Waals surface area contributed by atoms with Crippen molar-refractivity contribution < 1.29 is 14.0 Å². The van der Waals surface area contributed by atoms with E-state index >= 15 is 0 Å². The van der Waals surface area contributed by atoms with Gasteiger partial charge in [0, 0.05) is 16.0 Å². The van der Waals surface area contributed by atoms with Gasteiger partial charge in [-0.25, -0.2) is 0 Å². The van der Waals surface area contributed by atoms with E-state index in [0.29, 0.717) is 16.3 Å². The predicted molar refractivity (Wildman–Crippen MR) is 110 cm³/mol. The number of benzene rings is 2. The molecular weight excluding hydrogens is 376 g/mol. The first-order valence-electron chi connectivity index (χ1n) is 9.20. The predicted octanol–water partition coefficient (Wildman–Crippen LogP) is 4.72. The van der Waals surface area contributed by atoms with Crippen LogP contribution in [0.3, 0.4) is 0 Å². The molecule has 2 amide bonds. The molecule has 0 fully saturated rings. The number of hydrogen-bond donors (Lipinski definition) is 2. The number of rotatable bonds is 6. The Kier molecular flexibility index (Phi) is 6.05. The van der Waals surface area contributed by atoms with Crippen LogP contribution < -0.4 is 10.6 Å². The van der Waals surface area contributed by atoms with Crippen molar-refractivity contribution in [1.82, 2.24) is 10.6 Å². The van der Waals surface area contributed by atoms with Crippen LogP contribution in [0.1, 0.15) is 42.9 Å². The maximum atomic E-state index is 12.8. The zero-order chi connectivity index (χ0) is 20.3. The zero-order valence-electron chi connectivity index (χ0n) is 16.0. The number of carbonyl (C=O) groups excluding carboxylic acids is 2. The lowest BCUT2D eigenvalue weighted by Crippen LogP contribution is -2.50. The summed E-state index contributed by atoms with van der Waals surface area (Å²) in [5.74, 6) is 0.00684. The molecule has 6 heteroatoms. The minimum Gasteiger partial charge on any atom is -0.459 e. The number of nitrogens with one attached hydrogen (secondary N) is 2. The summed E-state index contributed by atoms with van der Waals surface area (Å²) in [5.41, 5.74) is 1.23. The Morgan fingerprint density at radius 1 is 0.964 bits per heavy atom. The second kappa shape index (κ2) is 8.48. The number of para-hydroxylation sites is 1. The van der Waals surface area contributed by atoms with Crippen molar-refractivity contribution >= 4 is 34.4 Å². The Labute approximate surface area is 169 Å². The van der Waals surface area contributed by atoms with Gasteiger partial charge in [-0.05, 0) is 49.2 Å². The highest BCUT2D eigenvalue weighted by atomic mass is 35.5. The van der Waals surface area contributed by atoms with Crippen molar-refractivity contribution in [2.24, 2.45) is 5.92 Å². The summed E-state index contributed by atoms with van der Waals surface area (Å²) in [4.78, 5) is 25.3. The zero-order valence-corrected chi connectivity index (χ0v) is 16.8. The van der Waals surface area contributed by atoms with Crippen LogP contribution in [-0.4, -0.2) is 17.9 Å². The van der Waals surface area contributed by atoms with Gasteiger partial charge in [0.1, 0.15) is 17.4 Å². The van der Waals surface area contributed by atoms with Crippen molar-refractivity contribution in [1.29, 1.82) is 0 Å². The maximum absolute atomic E-state index is 12.8. The first-order valence-corrected chi connectivity index (χ1v) is 9.58. The molecule has 0 unspecified atom stereocenters. The van der Waals surface area contributed by atoms with E-state index in [1.165, 1.54) is 0 Å². The van der Waals surface area contributed by atoms with Crippen LogP contribution in [0.5, 0.6) is 0 Å². The molecule has 0 aliphatic rings. The first kappa shape index (κ1) is 20.0. The van der Waals surface area contributed by atoms with Crippen molar-refractivity contribution in [3.05, 3.63) is 70.9 Å². The third kappa shape index (κ3) is 4.54. The van der Waals surface area contributed by atoms with Gasteiger partial charge < -0.3 is 15.1 Å². The fourth-order valence-corrected chi connectivity index (χ4v) is 3.08. The third-order valence-corrected chi connectivity index (χ3v) is 4.82. The van der Waals surface area contributed by atoms with Crippen LogP contribution in [0.4, 0.5) is 0 Å². The minimum atomic E-state index is -0.671. The molecule has 146 valence electrons. The number of furan rings is 1. The number of halogens is 1. The van der Waals surface area contributed by atoms with Gasteiger partial charge in [0.05, 0.1) is 6.04 Å². The van der Waals surface area contributed by atoms with Crippen LogP contribution in [-0.2, 0) is 4.79 Å². The Morgan fingerprint density at radius 2 is 1.64 bits per heavy atom. The molecule has 0 aliphatic heterocycles. The summed E-state index contributed by atoms with van der Waals surface area (Å²) in [5, 5.41) is 7.28. The average molecular weight is 399 g/mol. The highest BCUT2D eigenvalue weighted by Crippen LogP contribution is 2.23. The van der Waals surface area contributed by atoms with Crippen LogP contribution in [0.2, 0.25) is 5.02 Å². The molecule has 5 nitrogen and oxygen atoms in total. The highest BCUT2D eigenvalue weighted by Gasteiger charge is 2.26. The summed E-state index contributed by atoms with van der Waals surface area (Å²) in [6, 6.07) is 15.1. The van der Waals surface area contributed by atoms with Gasteiger partial charge in [0.2, 0.25) is 5.91 Å². The highest BCUT2D eigenvalue weighted by molar-refractivity contribution is 6.30. The second-order valence-corrected chi connectivity index (χ2v) is 7.56. The Hall–Kier alpha value is -2.79. The smallest absolute Gasteiger partial charge is 0.251 e. The molecule has 0 aliphatic carbocycles. The van der Waals surface area contributed by atoms with Crippen LogP contribution in [0, 0.1) is 5.92 Å². The third-order valence-electron chi connectivity index (χ3n) is 4.57. The van der Waals surface area contributed by atoms with Crippen LogP contribution >= 0.6 is 11.6 Å². The summed E-state index contributed by atoms with van der Waals surface area (Å²) in [7, 11) is 0. The molecule has 0 bridgehead atoms. The van der Waals surface area contributed by atoms with Gasteiger partial charge in [0.25, 0.3) is 5.91 Å². The van der Waals surface area contributed by atoms with E-state index in [0.717, 1.165) is 11.0 Å². The van der Waals surface area contributed by atoms with Crippen molar-refractivity contribution in [2.75, 3.05) is 0 Å². The van der Waals surface area contributed by atoms with E-state index < -0.39 is 6.04 Å². The Morgan fingerprint density at radius 3 is 2.29 bits per heavy atom. The van der Waals surface area contributed by atoms with Crippen LogP contribution in [0.25, 0.3) is 11.0 Å². The summed E-state index contributed by atoms with van der Waals surface area (Å²) >= 11 is 5.86. The van der Waals surface area contributed by atoms with E-state index in [9.17, 15) is 9.59 Å². The van der Waals surface area contributed by atoms with Gasteiger partial charge in [-0.3, -0.25) is 9.59 Å². The van der Waals surface area contributed by atoms with E-state index in [4.69, 9.17) is 16.0 Å². The molecule has 0 saturated carbocycles. The molecule has 1 heterocycles. The van der Waals surface area contributed by atoms with Crippen molar-refractivity contribution in [3.63, 3.8) is 0 Å². The van der Waals surface area contributed by atoms with Crippen molar-refractivity contribution in [2.45, 2.75) is 32.9 Å². The van der Waals surface area contributed by atoms with Gasteiger partial charge in [-0.2, -0.15) is 0 Å². The number of hydrogen-bond acceptors (Lipinski definition) is 3. The quantitative estimate of drug-likeness (QED) is 0.631. The lowest BCUT2D eigenvalue weighted by molar-refractivity contribution is -0.124. The molecule has 0 spiro atoms. The molecular formula is C22H23ClN2O3. The second-order valence-electron chi connectivity index (χ2n) is 7.12. The van der Waals surface area contributed by atoms with Gasteiger partial charge in [-0.15, -0.1) is 0 Å². The molecule has 28 heavy (non-hydrogen) atoms. The monoisotopic (exact) mass is 398 g/mol. The lowest BCUT2D eigenvalue weighted by Gasteiger charge is -2.23. The standard InChI is InChI=1S/C22H23ClN2O3/c1-13(2)20(25-21(26)15-8-10-17(23)11-9-15)22(27)24-14(3)19-12-16-6-4-5-7-18(16)28-19/h4-14,20H,1-3H3,(H,24,27)(H,25,26)/t14-,20+/m0/s1. The fourth-order valence-electron chi connectivity index (χ4n) is 2.95. The van der Waals surface area contributed by atoms with Gasteiger partial charge in [-0.1, -0.05) is 43.6 Å². The average Bonchev–Trinajstić information content (AvgIpc) is 3.10. The topological polar surface area (TPSA) is 71.3 Å². The molecule has 0 saturated heterocycles. The molecule has 2 atom stereocenters. The van der Waals surface area contributed by atoms with E-state index in [1.54, 1.807) is 24.3 Å². The number of amides is 2. The van der Waals surface area contributed by atoms with E-state index in [-0.39, 0.29) is 23.8 Å². The number of carbonyl (C=O) groups is 2. The molecule has 3 rings (SSSR count). The lowest BCUT2D eigenvalue weighted by atomic mass is 10.0. The largest absolute Gasteiger partial charge is 0.459 e. The number of fused-ring (bicyclic) bond motifs is 1. The van der Waals surface area contributed by atoms with Crippen molar-refractivity contribution in [3.8, 4) is 0 Å². The van der Waals surface area contributed by atoms with Crippen LogP contribution in [0.15, 0.2) is 59.0 Å². The summed E-state index contributed by atoms with van der Waals surface area (Å²) < 4.78 is 5.82. The summed E-state index contributed by atoms with van der Waals surface area (Å²) in [6.07, 6.45) is 0. The molecule has 1 aromatic heterocycles. The van der Waals surface area contributed by atoms with E-state index in [1.807, 2.05) is 51.1 Å². The first-order chi connectivity index (χ1) is 13.3. The Balaban J connectivity index is 1.69. The van der Waals surface area contributed by atoms with E-state index in [2.05, 4.69) is 10.6 Å². The molecule has 2 aromatic carbocycles. The minimum absolute atomic E-state index is 0.0841.